The summed E-state index contributed by atoms with van der Waals surface area (Å²) in [4.78, 5) is 36.9. The summed E-state index contributed by atoms with van der Waals surface area (Å²) in [5, 5.41) is 5.51. The molecule has 1 atom stereocenters. The standard InChI is InChI=1S/C14H23N3O4/c1-2-21-12(18)8-15-13(19)10-4-3-7-17(9-10)14(20)16-11-5-6-11/h10-11H,2-9H2,1H3,(H,15,19)(H,16,20). The molecule has 2 N–H and O–H groups in total. The molecule has 0 aromatic carbocycles. The second kappa shape index (κ2) is 7.28. The predicted molar refractivity (Wildman–Crippen MR) is 75.5 cm³/mol. The summed E-state index contributed by atoms with van der Waals surface area (Å²) in [6, 6.07) is 0.232. The lowest BCUT2D eigenvalue weighted by Crippen LogP contribution is -2.49. The largest absolute Gasteiger partial charge is 0.465 e. The number of ether oxygens (including phenoxy) is 1. The third-order valence-electron chi connectivity index (χ3n) is 3.70. The molecule has 1 heterocycles. The van der Waals surface area contributed by atoms with Crippen LogP contribution in [0.4, 0.5) is 4.79 Å². The number of nitrogens with one attached hydrogen (secondary N) is 2. The Labute approximate surface area is 124 Å². The summed E-state index contributed by atoms with van der Waals surface area (Å²) in [5.41, 5.74) is 0. The Hall–Kier alpha value is -1.79. The van der Waals surface area contributed by atoms with E-state index in [4.69, 9.17) is 4.74 Å². The predicted octanol–water partition coefficient (Wildman–Crippen LogP) is 0.250. The first-order valence-corrected chi connectivity index (χ1v) is 7.59. The maximum absolute atomic E-state index is 12.0. The van der Waals surface area contributed by atoms with Crippen LogP contribution in [0.15, 0.2) is 0 Å². The first kappa shape index (κ1) is 15.6. The van der Waals surface area contributed by atoms with E-state index in [-0.39, 0.29) is 24.4 Å². The number of likely N-dealkylation sites (tertiary alicyclic amines) is 1. The molecule has 1 saturated heterocycles. The van der Waals surface area contributed by atoms with E-state index in [1.54, 1.807) is 11.8 Å². The molecule has 0 aromatic heterocycles. The van der Waals surface area contributed by atoms with Crippen LogP contribution < -0.4 is 10.6 Å². The van der Waals surface area contributed by atoms with Crippen molar-refractivity contribution in [2.45, 2.75) is 38.6 Å². The molecule has 0 radical (unpaired) electrons. The molecule has 0 aromatic rings. The van der Waals surface area contributed by atoms with Crippen molar-refractivity contribution in [2.24, 2.45) is 5.92 Å². The van der Waals surface area contributed by atoms with E-state index in [1.807, 2.05) is 0 Å². The van der Waals surface area contributed by atoms with Crippen molar-refractivity contribution in [3.05, 3.63) is 0 Å². The second-order valence-electron chi connectivity index (χ2n) is 5.53. The molecule has 2 fully saturated rings. The monoisotopic (exact) mass is 297 g/mol. The number of amides is 3. The van der Waals surface area contributed by atoms with Crippen LogP contribution in [0.25, 0.3) is 0 Å². The highest BCUT2D eigenvalue weighted by molar-refractivity contribution is 5.84. The van der Waals surface area contributed by atoms with Gasteiger partial charge in [0.15, 0.2) is 0 Å². The van der Waals surface area contributed by atoms with E-state index < -0.39 is 5.97 Å². The summed E-state index contributed by atoms with van der Waals surface area (Å²) >= 11 is 0. The molecule has 7 nitrogen and oxygen atoms in total. The Morgan fingerprint density at radius 1 is 1.24 bits per heavy atom. The number of nitrogens with zero attached hydrogens (tertiary/aromatic N) is 1. The van der Waals surface area contributed by atoms with Crippen LogP contribution in [0.2, 0.25) is 0 Å². The Morgan fingerprint density at radius 3 is 2.67 bits per heavy atom. The van der Waals surface area contributed by atoms with Crippen LogP contribution in [0.1, 0.15) is 32.6 Å². The molecule has 1 aliphatic carbocycles. The van der Waals surface area contributed by atoms with Gasteiger partial charge in [0.25, 0.3) is 0 Å². The third kappa shape index (κ3) is 4.91. The molecule has 7 heteroatoms. The van der Waals surface area contributed by atoms with Gasteiger partial charge in [0.1, 0.15) is 6.54 Å². The van der Waals surface area contributed by atoms with Crippen LogP contribution in [-0.4, -0.2) is 55.1 Å². The molecule has 0 bridgehead atoms. The van der Waals surface area contributed by atoms with Crippen LogP contribution in [0.5, 0.6) is 0 Å². The minimum atomic E-state index is -0.440. The van der Waals surface area contributed by atoms with E-state index in [0.717, 1.165) is 25.7 Å². The Morgan fingerprint density at radius 2 is 2.00 bits per heavy atom. The molecular weight excluding hydrogens is 274 g/mol. The van der Waals surface area contributed by atoms with Gasteiger partial charge in [-0.15, -0.1) is 0 Å². The van der Waals surface area contributed by atoms with Gasteiger partial charge >= 0.3 is 12.0 Å². The van der Waals surface area contributed by atoms with Crippen molar-refractivity contribution in [1.29, 1.82) is 0 Å². The molecule has 1 aliphatic heterocycles. The van der Waals surface area contributed by atoms with Crippen molar-refractivity contribution in [3.8, 4) is 0 Å². The first-order valence-electron chi connectivity index (χ1n) is 7.59. The highest BCUT2D eigenvalue weighted by atomic mass is 16.5. The third-order valence-corrected chi connectivity index (χ3v) is 3.70. The number of urea groups is 1. The maximum atomic E-state index is 12.0. The van der Waals surface area contributed by atoms with E-state index in [1.165, 1.54) is 0 Å². The van der Waals surface area contributed by atoms with Crippen molar-refractivity contribution >= 4 is 17.9 Å². The van der Waals surface area contributed by atoms with Crippen LogP contribution >= 0.6 is 0 Å². The molecule has 2 rings (SSSR count). The smallest absolute Gasteiger partial charge is 0.325 e. The van der Waals surface area contributed by atoms with E-state index in [2.05, 4.69) is 10.6 Å². The molecule has 3 amide bonds. The highest BCUT2D eigenvalue weighted by Gasteiger charge is 2.31. The summed E-state index contributed by atoms with van der Waals surface area (Å²) in [7, 11) is 0. The number of esters is 1. The lowest BCUT2D eigenvalue weighted by atomic mass is 9.97. The fourth-order valence-electron chi connectivity index (χ4n) is 2.38. The summed E-state index contributed by atoms with van der Waals surface area (Å²) in [6.07, 6.45) is 3.63. The zero-order chi connectivity index (χ0) is 15.2. The number of rotatable bonds is 5. The van der Waals surface area contributed by atoms with Gasteiger partial charge in [0.05, 0.1) is 12.5 Å². The minimum Gasteiger partial charge on any atom is -0.465 e. The zero-order valence-electron chi connectivity index (χ0n) is 12.4. The van der Waals surface area contributed by atoms with Gasteiger partial charge in [0.2, 0.25) is 5.91 Å². The Kier molecular flexibility index (Phi) is 5.41. The normalized spacial score (nSPS) is 21.6. The van der Waals surface area contributed by atoms with Crippen LogP contribution in [0.3, 0.4) is 0 Å². The summed E-state index contributed by atoms with van der Waals surface area (Å²) in [6.45, 7) is 3.00. The number of piperidine rings is 1. The van der Waals surface area contributed by atoms with Crippen LogP contribution in [-0.2, 0) is 14.3 Å². The second-order valence-corrected chi connectivity index (χ2v) is 5.53. The number of hydrogen-bond donors (Lipinski definition) is 2. The van der Waals surface area contributed by atoms with E-state index in [9.17, 15) is 14.4 Å². The number of carbonyl (C=O) groups excluding carboxylic acids is 3. The van der Waals surface area contributed by atoms with Crippen molar-refractivity contribution in [3.63, 3.8) is 0 Å². The fraction of sp³-hybridized carbons (Fsp3) is 0.786. The summed E-state index contributed by atoms with van der Waals surface area (Å²) < 4.78 is 4.76. The lowest BCUT2D eigenvalue weighted by Gasteiger charge is -2.32. The van der Waals surface area contributed by atoms with Crippen molar-refractivity contribution in [1.82, 2.24) is 15.5 Å². The molecule has 2 aliphatic rings. The van der Waals surface area contributed by atoms with Gasteiger partial charge in [0, 0.05) is 19.1 Å². The molecule has 118 valence electrons. The van der Waals surface area contributed by atoms with Gasteiger partial charge in [-0.05, 0) is 32.6 Å². The topological polar surface area (TPSA) is 87.7 Å². The van der Waals surface area contributed by atoms with Gasteiger partial charge < -0.3 is 20.3 Å². The molecule has 1 unspecified atom stereocenters. The fourth-order valence-corrected chi connectivity index (χ4v) is 2.38. The van der Waals surface area contributed by atoms with Crippen molar-refractivity contribution in [2.75, 3.05) is 26.2 Å². The summed E-state index contributed by atoms with van der Waals surface area (Å²) in [5.74, 6) is -0.880. The Balaban J connectivity index is 1.75. The highest BCUT2D eigenvalue weighted by Crippen LogP contribution is 2.21. The number of hydrogen-bond acceptors (Lipinski definition) is 4. The average Bonchev–Trinajstić information content (AvgIpc) is 3.29. The van der Waals surface area contributed by atoms with Crippen molar-refractivity contribution < 1.29 is 19.1 Å². The molecule has 21 heavy (non-hydrogen) atoms. The van der Waals surface area contributed by atoms with Gasteiger partial charge in [-0.25, -0.2) is 4.79 Å². The maximum Gasteiger partial charge on any atom is 0.325 e. The minimum absolute atomic E-state index is 0.0830. The first-order chi connectivity index (χ1) is 10.1. The zero-order valence-corrected chi connectivity index (χ0v) is 12.4. The van der Waals surface area contributed by atoms with Crippen LogP contribution in [0, 0.1) is 5.92 Å². The van der Waals surface area contributed by atoms with Gasteiger partial charge in [-0.1, -0.05) is 0 Å². The Bertz CT molecular complexity index is 409. The quantitative estimate of drug-likeness (QED) is 0.712. The van der Waals surface area contributed by atoms with E-state index >= 15 is 0 Å². The SMILES string of the molecule is CCOC(=O)CNC(=O)C1CCCN(C(=O)NC2CC2)C1. The van der Waals surface area contributed by atoms with E-state index in [0.29, 0.717) is 25.7 Å². The van der Waals surface area contributed by atoms with Gasteiger partial charge in [-0.2, -0.15) is 0 Å². The number of carbonyl (C=O) groups is 3. The molecule has 1 saturated carbocycles. The molecule has 0 spiro atoms. The lowest BCUT2D eigenvalue weighted by molar-refractivity contribution is -0.144. The van der Waals surface area contributed by atoms with Gasteiger partial charge in [-0.3, -0.25) is 9.59 Å². The average molecular weight is 297 g/mol. The molecular formula is C14H23N3O4.